The highest BCUT2D eigenvalue weighted by molar-refractivity contribution is 5.14. The summed E-state index contributed by atoms with van der Waals surface area (Å²) >= 11 is 0. The van der Waals surface area contributed by atoms with Crippen LogP contribution in [0.3, 0.4) is 0 Å². The van der Waals surface area contributed by atoms with Crippen LogP contribution < -0.4 is 0 Å². The molecule has 82 valence electrons. The highest BCUT2D eigenvalue weighted by Crippen LogP contribution is 2.10. The molecule has 1 rings (SSSR count). The van der Waals surface area contributed by atoms with Crippen molar-refractivity contribution in [2.24, 2.45) is 0 Å². The molecule has 0 amide bonds. The van der Waals surface area contributed by atoms with E-state index in [1.54, 1.807) is 7.11 Å². The quantitative estimate of drug-likeness (QED) is 0.725. The second kappa shape index (κ2) is 6.25. The fourth-order valence-electron chi connectivity index (χ4n) is 1.43. The van der Waals surface area contributed by atoms with E-state index in [4.69, 9.17) is 4.74 Å². The van der Waals surface area contributed by atoms with Gasteiger partial charge in [0, 0.05) is 6.42 Å². The number of benzene rings is 1. The molecule has 0 aliphatic heterocycles. The van der Waals surface area contributed by atoms with E-state index in [9.17, 15) is 5.11 Å². The monoisotopic (exact) mass is 206 g/mol. The first-order valence-corrected chi connectivity index (χ1v) is 5.16. The maximum Gasteiger partial charge on any atom is 0.0909 e. The minimum absolute atomic E-state index is 0.363. The van der Waals surface area contributed by atoms with Gasteiger partial charge in [0.1, 0.15) is 0 Å². The number of rotatable bonds is 6. The first-order valence-electron chi connectivity index (χ1n) is 5.16. The molecule has 2 nitrogen and oxygen atoms in total. The lowest BCUT2D eigenvalue weighted by Crippen LogP contribution is -2.09. The van der Waals surface area contributed by atoms with Gasteiger partial charge in [-0.1, -0.05) is 36.9 Å². The maximum absolute atomic E-state index is 9.67. The van der Waals surface area contributed by atoms with Gasteiger partial charge in [0.2, 0.25) is 0 Å². The number of methoxy groups -OCH3 is 1. The van der Waals surface area contributed by atoms with Gasteiger partial charge in [-0.2, -0.15) is 0 Å². The van der Waals surface area contributed by atoms with E-state index in [1.165, 1.54) is 5.56 Å². The highest BCUT2D eigenvalue weighted by atomic mass is 16.5. The summed E-state index contributed by atoms with van der Waals surface area (Å²) in [5, 5.41) is 9.67. The maximum atomic E-state index is 9.67. The molecular weight excluding hydrogens is 188 g/mol. The third-order valence-corrected chi connectivity index (χ3v) is 2.36. The summed E-state index contributed by atoms with van der Waals surface area (Å²) in [4.78, 5) is 0. The van der Waals surface area contributed by atoms with Gasteiger partial charge in [-0.05, 0) is 18.4 Å². The second-order valence-electron chi connectivity index (χ2n) is 3.63. The average molecular weight is 206 g/mol. The third kappa shape index (κ3) is 4.66. The summed E-state index contributed by atoms with van der Waals surface area (Å²) in [6.45, 7) is 3.69. The van der Waals surface area contributed by atoms with Gasteiger partial charge in [-0.3, -0.25) is 0 Å². The van der Waals surface area contributed by atoms with Crippen LogP contribution >= 0.6 is 0 Å². The summed E-state index contributed by atoms with van der Waals surface area (Å²) in [5.41, 5.74) is 1.25. The van der Waals surface area contributed by atoms with Crippen molar-refractivity contribution in [3.05, 3.63) is 48.2 Å². The van der Waals surface area contributed by atoms with E-state index in [0.717, 1.165) is 12.8 Å². The summed E-state index contributed by atoms with van der Waals surface area (Å²) in [5.74, 6) is 0.635. The van der Waals surface area contributed by atoms with Crippen molar-refractivity contribution in [1.29, 1.82) is 0 Å². The van der Waals surface area contributed by atoms with Gasteiger partial charge in [0.05, 0.1) is 19.0 Å². The van der Waals surface area contributed by atoms with Crippen molar-refractivity contribution in [3.8, 4) is 0 Å². The molecule has 15 heavy (non-hydrogen) atoms. The Kier molecular flexibility index (Phi) is 4.91. The normalized spacial score (nSPS) is 12.1. The van der Waals surface area contributed by atoms with Crippen LogP contribution in [-0.2, 0) is 11.2 Å². The van der Waals surface area contributed by atoms with Gasteiger partial charge < -0.3 is 9.84 Å². The predicted octanol–water partition coefficient (Wildman–Crippen LogP) is 2.53. The van der Waals surface area contributed by atoms with Crippen molar-refractivity contribution in [2.75, 3.05) is 7.11 Å². The largest absolute Gasteiger partial charge is 0.502 e. The van der Waals surface area contributed by atoms with Crippen LogP contribution in [-0.4, -0.2) is 18.3 Å². The Morgan fingerprint density at radius 2 is 2.07 bits per heavy atom. The van der Waals surface area contributed by atoms with E-state index in [1.807, 2.05) is 18.2 Å². The molecule has 0 radical (unpaired) electrons. The number of aliphatic hydroxyl groups is 1. The summed E-state index contributed by atoms with van der Waals surface area (Å²) in [6, 6.07) is 10.1. The van der Waals surface area contributed by atoms with Crippen LogP contribution in [0.25, 0.3) is 0 Å². The summed E-state index contributed by atoms with van der Waals surface area (Å²) in [7, 11) is 1.58. The van der Waals surface area contributed by atoms with Gasteiger partial charge in [-0.25, -0.2) is 0 Å². The van der Waals surface area contributed by atoms with Gasteiger partial charge >= 0.3 is 0 Å². The Morgan fingerprint density at radius 3 is 2.67 bits per heavy atom. The Balaban J connectivity index is 2.28. The van der Waals surface area contributed by atoms with Crippen molar-refractivity contribution < 1.29 is 9.84 Å². The number of hydrogen-bond acceptors (Lipinski definition) is 2. The molecule has 0 spiro atoms. The van der Waals surface area contributed by atoms with Crippen LogP contribution in [0.15, 0.2) is 42.7 Å². The Morgan fingerprint density at radius 1 is 1.40 bits per heavy atom. The van der Waals surface area contributed by atoms with Gasteiger partial charge in [0.25, 0.3) is 0 Å². The first-order chi connectivity index (χ1) is 7.22. The van der Waals surface area contributed by atoms with Crippen molar-refractivity contribution in [2.45, 2.75) is 25.4 Å². The molecule has 1 atom stereocenters. The first kappa shape index (κ1) is 11.8. The molecule has 0 saturated carbocycles. The molecule has 0 bridgehead atoms. The fourth-order valence-corrected chi connectivity index (χ4v) is 1.43. The molecule has 1 aromatic carbocycles. The molecule has 1 aromatic rings. The van der Waals surface area contributed by atoms with Crippen LogP contribution in [0, 0.1) is 0 Å². The molecule has 2 heteroatoms. The lowest BCUT2D eigenvalue weighted by molar-refractivity contribution is 0.140. The van der Waals surface area contributed by atoms with Crippen LogP contribution in [0.2, 0.25) is 0 Å². The number of ether oxygens (including phenoxy) is 1. The molecule has 0 fully saturated rings. The lowest BCUT2D eigenvalue weighted by atomic mass is 10.0. The van der Waals surface area contributed by atoms with Crippen LogP contribution in [0.4, 0.5) is 0 Å². The zero-order valence-electron chi connectivity index (χ0n) is 9.15. The molecular formula is C13H18O2. The van der Waals surface area contributed by atoms with E-state index >= 15 is 0 Å². The predicted molar refractivity (Wildman–Crippen MR) is 61.5 cm³/mol. The van der Waals surface area contributed by atoms with E-state index < -0.39 is 0 Å². The lowest BCUT2D eigenvalue weighted by Gasteiger charge is -2.11. The Bertz CT molecular complexity index is 293. The van der Waals surface area contributed by atoms with E-state index in [0.29, 0.717) is 12.2 Å². The van der Waals surface area contributed by atoms with Gasteiger partial charge in [0.15, 0.2) is 0 Å². The SMILES string of the molecule is C=C(C[C@@H](O)CCc1ccccc1)OC. The minimum Gasteiger partial charge on any atom is -0.502 e. The standard InChI is InChI=1S/C13H18O2/c1-11(15-2)10-13(14)9-8-12-6-4-3-5-7-12/h3-7,13-14H,1,8-10H2,2H3/t13-/m0/s1. The van der Waals surface area contributed by atoms with Crippen molar-refractivity contribution in [1.82, 2.24) is 0 Å². The molecule has 0 aromatic heterocycles. The molecule has 0 saturated heterocycles. The Labute approximate surface area is 91.2 Å². The zero-order chi connectivity index (χ0) is 11.1. The van der Waals surface area contributed by atoms with Crippen LogP contribution in [0.1, 0.15) is 18.4 Å². The van der Waals surface area contributed by atoms with Crippen molar-refractivity contribution in [3.63, 3.8) is 0 Å². The highest BCUT2D eigenvalue weighted by Gasteiger charge is 2.06. The van der Waals surface area contributed by atoms with Gasteiger partial charge in [-0.15, -0.1) is 0 Å². The molecule has 0 aliphatic rings. The summed E-state index contributed by atoms with van der Waals surface area (Å²) in [6.07, 6.45) is 1.78. The number of aryl methyl sites for hydroxylation is 1. The second-order valence-corrected chi connectivity index (χ2v) is 3.63. The van der Waals surface area contributed by atoms with Crippen LogP contribution in [0.5, 0.6) is 0 Å². The fraction of sp³-hybridized carbons (Fsp3) is 0.385. The number of hydrogen-bond donors (Lipinski definition) is 1. The van der Waals surface area contributed by atoms with E-state index in [-0.39, 0.29) is 6.10 Å². The van der Waals surface area contributed by atoms with E-state index in [2.05, 4.69) is 18.7 Å². The summed E-state index contributed by atoms with van der Waals surface area (Å²) < 4.78 is 4.92. The molecule has 0 heterocycles. The third-order valence-electron chi connectivity index (χ3n) is 2.36. The molecule has 0 unspecified atom stereocenters. The Hall–Kier alpha value is -1.28. The number of aliphatic hydroxyl groups excluding tert-OH is 1. The molecule has 0 aliphatic carbocycles. The topological polar surface area (TPSA) is 29.5 Å². The van der Waals surface area contributed by atoms with Crippen molar-refractivity contribution >= 4 is 0 Å². The zero-order valence-corrected chi connectivity index (χ0v) is 9.15. The average Bonchev–Trinajstić information content (AvgIpc) is 2.27. The smallest absolute Gasteiger partial charge is 0.0909 e. The molecule has 1 N–H and O–H groups in total. The minimum atomic E-state index is -0.363.